The first-order valence-corrected chi connectivity index (χ1v) is 14.6. The SMILES string of the molecule is CCC(Oc1cc2c(Nc3cccc(Br)c3)ncnc2cc1OC)N1CCN(CP(=O)(OC)OC)CC1. The van der Waals surface area contributed by atoms with E-state index in [0.717, 1.165) is 53.7 Å². The number of fused-ring (bicyclic) bond motifs is 1. The number of anilines is 2. The Morgan fingerprint density at radius 2 is 1.81 bits per heavy atom. The summed E-state index contributed by atoms with van der Waals surface area (Å²) in [4.78, 5) is 13.3. The van der Waals surface area contributed by atoms with Gasteiger partial charge in [0, 0.05) is 62.0 Å². The molecule has 1 N–H and O–H groups in total. The lowest BCUT2D eigenvalue weighted by molar-refractivity contribution is -0.00882. The molecule has 0 aliphatic carbocycles. The molecule has 0 radical (unpaired) electrons. The van der Waals surface area contributed by atoms with E-state index < -0.39 is 7.60 Å². The average Bonchev–Trinajstić information content (AvgIpc) is 2.92. The zero-order chi connectivity index (χ0) is 26.4. The van der Waals surface area contributed by atoms with Gasteiger partial charge in [-0.05, 0) is 30.7 Å². The van der Waals surface area contributed by atoms with E-state index in [-0.39, 0.29) is 12.5 Å². The number of rotatable bonds is 11. The van der Waals surface area contributed by atoms with E-state index in [1.54, 1.807) is 7.11 Å². The van der Waals surface area contributed by atoms with Crippen molar-refractivity contribution in [3.8, 4) is 11.5 Å². The summed E-state index contributed by atoms with van der Waals surface area (Å²) in [5.74, 6) is 1.91. The molecule has 2 aromatic carbocycles. The van der Waals surface area contributed by atoms with Crippen molar-refractivity contribution in [1.29, 1.82) is 0 Å². The Hall–Kier alpha value is -2.27. The van der Waals surface area contributed by atoms with Crippen molar-refractivity contribution in [2.24, 2.45) is 0 Å². The number of benzene rings is 2. The lowest BCUT2D eigenvalue weighted by Crippen LogP contribution is -2.52. The van der Waals surface area contributed by atoms with Crippen molar-refractivity contribution in [2.75, 3.05) is 59.1 Å². The molecule has 10 nitrogen and oxygen atoms in total. The molecule has 12 heteroatoms. The van der Waals surface area contributed by atoms with E-state index in [9.17, 15) is 4.57 Å². The van der Waals surface area contributed by atoms with E-state index in [1.165, 1.54) is 20.5 Å². The number of hydrogen-bond acceptors (Lipinski definition) is 10. The second-order valence-electron chi connectivity index (χ2n) is 8.63. The number of nitrogens with one attached hydrogen (secondary N) is 1. The Morgan fingerprint density at radius 1 is 1.05 bits per heavy atom. The van der Waals surface area contributed by atoms with Crippen LogP contribution in [0.4, 0.5) is 11.5 Å². The summed E-state index contributed by atoms with van der Waals surface area (Å²) in [5, 5.41) is 4.21. The number of halogens is 1. The summed E-state index contributed by atoms with van der Waals surface area (Å²) in [7, 11) is 1.38. The molecule has 0 saturated carbocycles. The molecule has 0 spiro atoms. The number of methoxy groups -OCH3 is 1. The van der Waals surface area contributed by atoms with Crippen LogP contribution in [0, 0.1) is 0 Å². The predicted octanol–water partition coefficient (Wildman–Crippen LogP) is 5.32. The molecule has 0 amide bonds. The molecule has 200 valence electrons. The van der Waals surface area contributed by atoms with Crippen LogP contribution in [0.2, 0.25) is 0 Å². The number of nitrogens with zero attached hydrogens (tertiary/aromatic N) is 4. The van der Waals surface area contributed by atoms with Gasteiger partial charge in [0.1, 0.15) is 18.4 Å². The summed E-state index contributed by atoms with van der Waals surface area (Å²) in [5.41, 5.74) is 1.66. The fraction of sp³-hybridized carbons (Fsp3) is 0.440. The maximum atomic E-state index is 12.5. The maximum Gasteiger partial charge on any atom is 0.344 e. The van der Waals surface area contributed by atoms with Crippen LogP contribution < -0.4 is 14.8 Å². The third-order valence-corrected chi connectivity index (χ3v) is 8.72. The number of aromatic nitrogens is 2. The maximum absolute atomic E-state index is 12.5. The van der Waals surface area contributed by atoms with Gasteiger partial charge in [0.2, 0.25) is 0 Å². The van der Waals surface area contributed by atoms with Crippen molar-refractivity contribution in [2.45, 2.75) is 19.6 Å². The van der Waals surface area contributed by atoms with Crippen LogP contribution in [0.25, 0.3) is 10.9 Å². The van der Waals surface area contributed by atoms with E-state index in [0.29, 0.717) is 17.3 Å². The van der Waals surface area contributed by atoms with Crippen molar-refractivity contribution in [1.82, 2.24) is 19.8 Å². The Bertz CT molecular complexity index is 1250. The van der Waals surface area contributed by atoms with Crippen LogP contribution in [-0.2, 0) is 13.6 Å². The third-order valence-electron chi connectivity index (χ3n) is 6.36. The summed E-state index contributed by atoms with van der Waals surface area (Å²) < 4.78 is 35.9. The van der Waals surface area contributed by atoms with Crippen LogP contribution >= 0.6 is 23.5 Å². The first-order chi connectivity index (χ1) is 17.9. The smallest absolute Gasteiger partial charge is 0.344 e. The van der Waals surface area contributed by atoms with Gasteiger partial charge in [0.25, 0.3) is 0 Å². The molecule has 1 aliphatic rings. The largest absolute Gasteiger partial charge is 0.493 e. The zero-order valence-corrected chi connectivity index (χ0v) is 24.0. The van der Waals surface area contributed by atoms with Gasteiger partial charge in [0.05, 0.1) is 12.6 Å². The molecule has 2 heterocycles. The van der Waals surface area contributed by atoms with Gasteiger partial charge in [0.15, 0.2) is 17.7 Å². The lowest BCUT2D eigenvalue weighted by atomic mass is 10.2. The minimum absolute atomic E-state index is 0.156. The topological polar surface area (TPSA) is 98.3 Å². The molecule has 3 aromatic rings. The van der Waals surface area contributed by atoms with Crippen LogP contribution in [0.1, 0.15) is 13.3 Å². The zero-order valence-electron chi connectivity index (χ0n) is 21.5. The molecule has 1 saturated heterocycles. The molecule has 1 aromatic heterocycles. The molecule has 4 rings (SSSR count). The monoisotopic (exact) mass is 593 g/mol. The molecular weight excluding hydrogens is 561 g/mol. The highest BCUT2D eigenvalue weighted by molar-refractivity contribution is 9.10. The summed E-state index contributed by atoms with van der Waals surface area (Å²) in [6.07, 6.45) is 2.43. The van der Waals surface area contributed by atoms with Gasteiger partial charge in [-0.15, -0.1) is 0 Å². The summed E-state index contributed by atoms with van der Waals surface area (Å²) >= 11 is 3.51. The van der Waals surface area contributed by atoms with Crippen molar-refractivity contribution in [3.05, 3.63) is 47.2 Å². The average molecular weight is 594 g/mol. The van der Waals surface area contributed by atoms with E-state index in [2.05, 4.69) is 47.9 Å². The van der Waals surface area contributed by atoms with Gasteiger partial charge in [-0.3, -0.25) is 14.4 Å². The van der Waals surface area contributed by atoms with E-state index in [1.807, 2.05) is 36.4 Å². The Labute approximate surface area is 225 Å². The highest BCUT2D eigenvalue weighted by Gasteiger charge is 2.30. The standard InChI is InChI=1S/C25H33BrN5O5P/c1-5-24(31-11-9-30(10-12-31)17-37(32,34-3)35-4)36-23-14-20-21(15-22(23)33-2)27-16-28-25(20)29-19-8-6-7-18(26)13-19/h6-8,13-16,24H,5,9-12,17H2,1-4H3,(H,27,28,29). The van der Waals surface area contributed by atoms with Crippen LogP contribution in [0.5, 0.6) is 11.5 Å². The summed E-state index contributed by atoms with van der Waals surface area (Å²) in [6, 6.07) is 11.7. The molecule has 37 heavy (non-hydrogen) atoms. The van der Waals surface area contributed by atoms with Crippen molar-refractivity contribution < 1.29 is 23.1 Å². The van der Waals surface area contributed by atoms with Gasteiger partial charge < -0.3 is 23.8 Å². The number of piperazine rings is 1. The lowest BCUT2D eigenvalue weighted by Gasteiger charge is -2.39. The fourth-order valence-electron chi connectivity index (χ4n) is 4.31. The first kappa shape index (κ1) is 27.8. The highest BCUT2D eigenvalue weighted by atomic mass is 79.9. The molecule has 1 aliphatic heterocycles. The quantitative estimate of drug-likeness (QED) is 0.294. The van der Waals surface area contributed by atoms with Crippen molar-refractivity contribution in [3.63, 3.8) is 0 Å². The molecule has 1 fully saturated rings. The van der Waals surface area contributed by atoms with Gasteiger partial charge in [-0.1, -0.05) is 28.9 Å². The van der Waals surface area contributed by atoms with E-state index >= 15 is 0 Å². The fourth-order valence-corrected chi connectivity index (χ4v) is 5.86. The molecule has 1 atom stereocenters. The van der Waals surface area contributed by atoms with Gasteiger partial charge in [-0.2, -0.15) is 0 Å². The second-order valence-corrected chi connectivity index (χ2v) is 11.8. The van der Waals surface area contributed by atoms with Crippen molar-refractivity contribution >= 4 is 45.9 Å². The minimum Gasteiger partial charge on any atom is -0.493 e. The van der Waals surface area contributed by atoms with Gasteiger partial charge >= 0.3 is 7.60 Å². The Balaban J connectivity index is 1.53. The molecule has 0 bridgehead atoms. The number of ether oxygens (including phenoxy) is 2. The van der Waals surface area contributed by atoms with Crippen LogP contribution in [0.15, 0.2) is 47.2 Å². The molecular formula is C25H33BrN5O5P. The van der Waals surface area contributed by atoms with Crippen LogP contribution in [0.3, 0.4) is 0 Å². The summed E-state index contributed by atoms with van der Waals surface area (Å²) in [6.45, 7) is 5.10. The number of hydrogen-bond donors (Lipinski definition) is 1. The van der Waals surface area contributed by atoms with E-state index in [4.69, 9.17) is 18.5 Å². The van der Waals surface area contributed by atoms with Crippen LogP contribution in [-0.4, -0.2) is 79.8 Å². The van der Waals surface area contributed by atoms with Gasteiger partial charge in [-0.25, -0.2) is 9.97 Å². The highest BCUT2D eigenvalue weighted by Crippen LogP contribution is 2.47. The molecule has 1 unspecified atom stereocenters. The second kappa shape index (κ2) is 12.5. The normalized spacial score (nSPS) is 16.0. The Morgan fingerprint density at radius 3 is 2.46 bits per heavy atom. The third kappa shape index (κ3) is 6.79. The minimum atomic E-state index is -3.08. The Kier molecular flexibility index (Phi) is 9.39. The first-order valence-electron chi connectivity index (χ1n) is 12.1. The predicted molar refractivity (Wildman–Crippen MR) is 148 cm³/mol.